The fourth-order valence-corrected chi connectivity index (χ4v) is 3.53. The summed E-state index contributed by atoms with van der Waals surface area (Å²) in [6.07, 6.45) is 4.92. The second kappa shape index (κ2) is 6.71. The van der Waals surface area contributed by atoms with Crippen LogP contribution in [0.1, 0.15) is 43.1 Å². The largest absolute Gasteiger partial charge is 0.395 e. The van der Waals surface area contributed by atoms with Crippen LogP contribution in [0.3, 0.4) is 0 Å². The van der Waals surface area contributed by atoms with Gasteiger partial charge in [-0.05, 0) is 39.2 Å². The molecule has 0 saturated carbocycles. The van der Waals surface area contributed by atoms with Crippen LogP contribution in [-0.2, 0) is 0 Å². The van der Waals surface area contributed by atoms with E-state index < -0.39 is 0 Å². The Balaban J connectivity index is 1.77. The Morgan fingerprint density at radius 3 is 2.76 bits per heavy atom. The molecule has 0 spiro atoms. The number of hydrogen-bond donors (Lipinski definition) is 1. The van der Waals surface area contributed by atoms with Crippen LogP contribution < -0.4 is 4.90 Å². The molecule has 1 aromatic heterocycles. The average Bonchev–Trinajstić information content (AvgIpc) is 3.01. The Labute approximate surface area is 127 Å². The average molecular weight is 290 g/mol. The van der Waals surface area contributed by atoms with Crippen molar-refractivity contribution in [1.29, 1.82) is 0 Å². The van der Waals surface area contributed by atoms with Gasteiger partial charge in [-0.3, -0.25) is 0 Å². The molecule has 0 radical (unpaired) electrons. The van der Waals surface area contributed by atoms with Gasteiger partial charge in [0.2, 0.25) is 0 Å². The third kappa shape index (κ3) is 3.52. The lowest BCUT2D eigenvalue weighted by atomic mass is 9.94. The van der Waals surface area contributed by atoms with Crippen LogP contribution in [0.15, 0.2) is 6.07 Å². The molecule has 3 rings (SSSR count). The van der Waals surface area contributed by atoms with Crippen molar-refractivity contribution in [2.24, 2.45) is 0 Å². The fourth-order valence-electron chi connectivity index (χ4n) is 3.53. The zero-order chi connectivity index (χ0) is 14.7. The fraction of sp³-hybridized carbons (Fsp3) is 0.750. The number of aryl methyl sites for hydroxylation is 1. The maximum atomic E-state index is 9.13. The summed E-state index contributed by atoms with van der Waals surface area (Å²) in [4.78, 5) is 14.1. The summed E-state index contributed by atoms with van der Waals surface area (Å²) in [5.41, 5.74) is 1.19. The first-order valence-electron chi connectivity index (χ1n) is 8.20. The van der Waals surface area contributed by atoms with Crippen LogP contribution in [0.25, 0.3) is 0 Å². The SMILES string of the molecule is Cc1nc(C2CCCN(CCO)C2)cc(N2CCCC2)n1. The van der Waals surface area contributed by atoms with Crippen LogP contribution in [0.4, 0.5) is 5.82 Å². The Morgan fingerprint density at radius 1 is 1.19 bits per heavy atom. The van der Waals surface area contributed by atoms with Crippen molar-refractivity contribution < 1.29 is 5.11 Å². The predicted molar refractivity (Wildman–Crippen MR) is 83.7 cm³/mol. The van der Waals surface area contributed by atoms with Crippen LogP contribution in [0.5, 0.6) is 0 Å². The first-order chi connectivity index (χ1) is 10.3. The van der Waals surface area contributed by atoms with Gasteiger partial charge >= 0.3 is 0 Å². The molecule has 0 aliphatic carbocycles. The Kier molecular flexibility index (Phi) is 4.70. The van der Waals surface area contributed by atoms with Crippen molar-refractivity contribution in [3.8, 4) is 0 Å². The van der Waals surface area contributed by atoms with E-state index in [0.29, 0.717) is 5.92 Å². The van der Waals surface area contributed by atoms with E-state index in [0.717, 1.165) is 44.4 Å². The van der Waals surface area contributed by atoms with E-state index >= 15 is 0 Å². The number of aliphatic hydroxyl groups excluding tert-OH is 1. The van der Waals surface area contributed by atoms with E-state index in [1.807, 2.05) is 6.92 Å². The first kappa shape index (κ1) is 14.7. The minimum absolute atomic E-state index is 0.245. The molecule has 2 fully saturated rings. The third-order valence-corrected chi connectivity index (χ3v) is 4.61. The molecular formula is C16H26N4O. The number of aliphatic hydroxyl groups is 1. The van der Waals surface area contributed by atoms with Gasteiger partial charge in [0.25, 0.3) is 0 Å². The highest BCUT2D eigenvalue weighted by molar-refractivity contribution is 5.41. The molecule has 21 heavy (non-hydrogen) atoms. The number of aromatic nitrogens is 2. The van der Waals surface area contributed by atoms with E-state index in [-0.39, 0.29) is 6.61 Å². The molecule has 5 heteroatoms. The summed E-state index contributed by atoms with van der Waals surface area (Å²) in [6, 6.07) is 2.20. The lowest BCUT2D eigenvalue weighted by Crippen LogP contribution is -2.36. The number of nitrogens with zero attached hydrogens (tertiary/aromatic N) is 4. The molecule has 0 amide bonds. The summed E-state index contributed by atoms with van der Waals surface area (Å²) >= 11 is 0. The topological polar surface area (TPSA) is 52.5 Å². The Morgan fingerprint density at radius 2 is 2.00 bits per heavy atom. The van der Waals surface area contributed by atoms with Crippen molar-refractivity contribution in [3.05, 3.63) is 17.6 Å². The second-order valence-corrected chi connectivity index (χ2v) is 6.26. The van der Waals surface area contributed by atoms with Crippen LogP contribution >= 0.6 is 0 Å². The van der Waals surface area contributed by atoms with Gasteiger partial charge in [0.15, 0.2) is 0 Å². The molecule has 116 valence electrons. The van der Waals surface area contributed by atoms with Gasteiger partial charge < -0.3 is 14.9 Å². The molecule has 2 aliphatic heterocycles. The highest BCUT2D eigenvalue weighted by Gasteiger charge is 2.24. The first-order valence-corrected chi connectivity index (χ1v) is 8.20. The van der Waals surface area contributed by atoms with Crippen molar-refractivity contribution in [3.63, 3.8) is 0 Å². The number of hydrogen-bond acceptors (Lipinski definition) is 5. The lowest BCUT2D eigenvalue weighted by Gasteiger charge is -2.32. The summed E-state index contributed by atoms with van der Waals surface area (Å²) in [5, 5.41) is 9.13. The van der Waals surface area contributed by atoms with E-state index in [1.165, 1.54) is 31.4 Å². The maximum absolute atomic E-state index is 9.13. The molecule has 1 aromatic rings. The van der Waals surface area contributed by atoms with Crippen LogP contribution in [0.2, 0.25) is 0 Å². The molecule has 1 N–H and O–H groups in total. The van der Waals surface area contributed by atoms with Crippen molar-refractivity contribution in [1.82, 2.24) is 14.9 Å². The third-order valence-electron chi connectivity index (χ3n) is 4.61. The molecule has 3 heterocycles. The molecule has 2 aliphatic rings. The monoisotopic (exact) mass is 290 g/mol. The quantitative estimate of drug-likeness (QED) is 0.912. The Bertz CT molecular complexity index is 471. The van der Waals surface area contributed by atoms with E-state index in [9.17, 15) is 0 Å². The molecule has 1 unspecified atom stereocenters. The second-order valence-electron chi connectivity index (χ2n) is 6.26. The van der Waals surface area contributed by atoms with E-state index in [4.69, 9.17) is 10.1 Å². The number of likely N-dealkylation sites (tertiary alicyclic amines) is 1. The number of piperidine rings is 1. The normalized spacial score (nSPS) is 23.7. The van der Waals surface area contributed by atoms with E-state index in [2.05, 4.69) is 20.9 Å². The van der Waals surface area contributed by atoms with Gasteiger partial charge in [0, 0.05) is 38.2 Å². The summed E-state index contributed by atoms with van der Waals surface area (Å²) in [6.45, 7) is 7.37. The predicted octanol–water partition coefficient (Wildman–Crippen LogP) is 1.56. The molecule has 0 bridgehead atoms. The zero-order valence-electron chi connectivity index (χ0n) is 13.0. The number of β-amino-alcohol motifs (C(OH)–C–C–N with tert-alkyl or cyclic N) is 1. The van der Waals surface area contributed by atoms with Gasteiger partial charge in [0.1, 0.15) is 11.6 Å². The summed E-state index contributed by atoms with van der Waals surface area (Å²) < 4.78 is 0. The van der Waals surface area contributed by atoms with Gasteiger partial charge in [-0.1, -0.05) is 0 Å². The standard InChI is InChI=1S/C16H26N4O/c1-13-17-15(11-16(18-13)20-7-2-3-8-20)14-5-4-6-19(12-14)9-10-21/h11,14,21H,2-10,12H2,1H3. The minimum Gasteiger partial charge on any atom is -0.395 e. The molecule has 2 saturated heterocycles. The highest BCUT2D eigenvalue weighted by atomic mass is 16.3. The van der Waals surface area contributed by atoms with Crippen molar-refractivity contribution in [2.75, 3.05) is 44.2 Å². The van der Waals surface area contributed by atoms with Crippen LogP contribution in [0, 0.1) is 6.92 Å². The molecule has 5 nitrogen and oxygen atoms in total. The summed E-state index contributed by atoms with van der Waals surface area (Å²) in [5.74, 6) is 2.47. The van der Waals surface area contributed by atoms with Gasteiger partial charge in [0.05, 0.1) is 12.3 Å². The highest BCUT2D eigenvalue weighted by Crippen LogP contribution is 2.28. The number of rotatable bonds is 4. The Hall–Kier alpha value is -1.20. The number of anilines is 1. The van der Waals surface area contributed by atoms with Gasteiger partial charge in [-0.2, -0.15) is 0 Å². The van der Waals surface area contributed by atoms with Crippen LogP contribution in [-0.4, -0.2) is 59.3 Å². The maximum Gasteiger partial charge on any atom is 0.132 e. The molecule has 1 atom stereocenters. The van der Waals surface area contributed by atoms with E-state index in [1.54, 1.807) is 0 Å². The lowest BCUT2D eigenvalue weighted by molar-refractivity contribution is 0.160. The smallest absolute Gasteiger partial charge is 0.132 e. The van der Waals surface area contributed by atoms with Crippen molar-refractivity contribution >= 4 is 5.82 Å². The zero-order valence-corrected chi connectivity index (χ0v) is 13.0. The van der Waals surface area contributed by atoms with Gasteiger partial charge in [-0.15, -0.1) is 0 Å². The molecular weight excluding hydrogens is 264 g/mol. The summed E-state index contributed by atoms with van der Waals surface area (Å²) in [7, 11) is 0. The molecule has 0 aromatic carbocycles. The van der Waals surface area contributed by atoms with Crippen molar-refractivity contribution in [2.45, 2.75) is 38.5 Å². The van der Waals surface area contributed by atoms with Gasteiger partial charge in [-0.25, -0.2) is 9.97 Å². The minimum atomic E-state index is 0.245.